The zero-order valence-electron chi connectivity index (χ0n) is 15.6. The van der Waals surface area contributed by atoms with Crippen LogP contribution in [0.4, 0.5) is 0 Å². The zero-order valence-corrected chi connectivity index (χ0v) is 16.4. The molecule has 0 saturated heterocycles. The van der Waals surface area contributed by atoms with Crippen molar-refractivity contribution in [2.75, 3.05) is 13.3 Å². The number of benzene rings is 2. The molecule has 0 bridgehead atoms. The molecule has 6 heteroatoms. The molecule has 0 unspecified atom stereocenters. The van der Waals surface area contributed by atoms with Crippen molar-refractivity contribution >= 4 is 28.1 Å². The number of nitrogens with zero attached hydrogens (tertiary/aromatic N) is 1. The summed E-state index contributed by atoms with van der Waals surface area (Å²) in [4.78, 5) is 19.7. The second-order valence-electron chi connectivity index (χ2n) is 7.30. The number of hydrogen-bond donors (Lipinski definition) is 1. The predicted octanol–water partition coefficient (Wildman–Crippen LogP) is 4.75. The van der Waals surface area contributed by atoms with E-state index in [0.717, 1.165) is 39.6 Å². The van der Waals surface area contributed by atoms with E-state index >= 15 is 0 Å². The van der Waals surface area contributed by atoms with E-state index in [1.165, 1.54) is 22.3 Å². The third-order valence-corrected chi connectivity index (χ3v) is 6.60. The molecule has 2 aromatic heterocycles. The van der Waals surface area contributed by atoms with E-state index in [4.69, 9.17) is 9.47 Å². The molecule has 0 aliphatic carbocycles. The van der Waals surface area contributed by atoms with Gasteiger partial charge in [-0.2, -0.15) is 0 Å². The van der Waals surface area contributed by atoms with Crippen molar-refractivity contribution in [3.63, 3.8) is 0 Å². The lowest BCUT2D eigenvalue weighted by Crippen LogP contribution is -2.40. The molecular weight excluding hydrogens is 384 g/mol. The molecule has 1 atom stereocenters. The molecule has 6 rings (SSSR count). The lowest BCUT2D eigenvalue weighted by molar-refractivity contribution is 0.0697. The number of carbonyl (C=O) groups excluding carboxylic acids is 1. The molecule has 2 aliphatic rings. The molecule has 4 heterocycles. The number of hydrogen-bond acceptors (Lipinski definition) is 4. The SMILES string of the molecule is O=C(c1cccs1)N1CCc2c([nH]c3ccccc23)[C@H]1c1ccc2c(c1)OCO2. The average Bonchev–Trinajstić information content (AvgIpc) is 3.51. The molecule has 0 saturated carbocycles. The number of thiophene rings is 1. The van der Waals surface area contributed by atoms with Crippen molar-refractivity contribution in [3.05, 3.63) is 81.7 Å². The zero-order chi connectivity index (χ0) is 19.4. The standard InChI is InChI=1S/C23H18N2O3S/c26-23(20-6-3-11-29-20)25-10-9-16-15-4-1-2-5-17(15)24-21(16)22(25)14-7-8-18-19(12-14)28-13-27-18/h1-8,11-12,22,24H,9-10,13H2/t22-/m1/s1. The number of aromatic amines is 1. The lowest BCUT2D eigenvalue weighted by Gasteiger charge is -2.36. The van der Waals surface area contributed by atoms with Crippen LogP contribution in [-0.4, -0.2) is 29.1 Å². The minimum Gasteiger partial charge on any atom is -0.454 e. The van der Waals surface area contributed by atoms with E-state index in [1.54, 1.807) is 0 Å². The maximum Gasteiger partial charge on any atom is 0.264 e. The molecule has 29 heavy (non-hydrogen) atoms. The minimum absolute atomic E-state index is 0.0620. The van der Waals surface area contributed by atoms with Gasteiger partial charge in [0.05, 0.1) is 10.9 Å². The van der Waals surface area contributed by atoms with Crippen molar-refractivity contribution in [1.29, 1.82) is 0 Å². The maximum absolute atomic E-state index is 13.4. The normalized spacial score (nSPS) is 17.5. The van der Waals surface area contributed by atoms with Crippen LogP contribution >= 0.6 is 11.3 Å². The Hall–Kier alpha value is -3.25. The first-order valence-corrected chi connectivity index (χ1v) is 10.5. The van der Waals surface area contributed by atoms with Crippen LogP contribution in [0.1, 0.15) is 32.5 Å². The van der Waals surface area contributed by atoms with Crippen molar-refractivity contribution in [1.82, 2.24) is 9.88 Å². The Balaban J connectivity index is 1.53. The molecule has 1 amide bonds. The van der Waals surface area contributed by atoms with Crippen LogP contribution in [0.15, 0.2) is 60.0 Å². The Bertz CT molecular complexity index is 1230. The van der Waals surface area contributed by atoms with E-state index in [0.29, 0.717) is 6.54 Å². The minimum atomic E-state index is -0.199. The largest absolute Gasteiger partial charge is 0.454 e. The number of nitrogens with one attached hydrogen (secondary N) is 1. The smallest absolute Gasteiger partial charge is 0.264 e. The van der Waals surface area contributed by atoms with Gasteiger partial charge in [-0.1, -0.05) is 30.3 Å². The molecule has 0 fully saturated rings. The molecule has 0 spiro atoms. The van der Waals surface area contributed by atoms with Gasteiger partial charge < -0.3 is 19.4 Å². The Morgan fingerprint density at radius 1 is 1.07 bits per heavy atom. The summed E-state index contributed by atoms with van der Waals surface area (Å²) in [5.41, 5.74) is 4.50. The summed E-state index contributed by atoms with van der Waals surface area (Å²) >= 11 is 1.48. The number of fused-ring (bicyclic) bond motifs is 4. The van der Waals surface area contributed by atoms with Gasteiger partial charge in [0.25, 0.3) is 5.91 Å². The molecule has 0 radical (unpaired) electrons. The van der Waals surface area contributed by atoms with Crippen LogP contribution in [0.2, 0.25) is 0 Å². The number of carbonyl (C=O) groups is 1. The number of rotatable bonds is 2. The van der Waals surface area contributed by atoms with Gasteiger partial charge in [-0.3, -0.25) is 4.79 Å². The van der Waals surface area contributed by atoms with Gasteiger partial charge in [0.15, 0.2) is 11.5 Å². The highest BCUT2D eigenvalue weighted by atomic mass is 32.1. The quantitative estimate of drug-likeness (QED) is 0.527. The van der Waals surface area contributed by atoms with Crippen LogP contribution in [-0.2, 0) is 6.42 Å². The average molecular weight is 402 g/mol. The molecule has 2 aromatic carbocycles. The first-order chi connectivity index (χ1) is 14.3. The van der Waals surface area contributed by atoms with Gasteiger partial charge in [-0.25, -0.2) is 0 Å². The summed E-state index contributed by atoms with van der Waals surface area (Å²) in [6.07, 6.45) is 0.831. The Morgan fingerprint density at radius 3 is 2.86 bits per heavy atom. The van der Waals surface area contributed by atoms with Crippen molar-refractivity contribution in [2.45, 2.75) is 12.5 Å². The second-order valence-corrected chi connectivity index (χ2v) is 8.25. The topological polar surface area (TPSA) is 54.6 Å². The first-order valence-electron chi connectivity index (χ1n) is 9.63. The molecule has 2 aliphatic heterocycles. The highest BCUT2D eigenvalue weighted by Crippen LogP contribution is 2.42. The van der Waals surface area contributed by atoms with Gasteiger partial charge in [-0.05, 0) is 47.2 Å². The number of aromatic nitrogens is 1. The lowest BCUT2D eigenvalue weighted by atomic mass is 9.92. The van der Waals surface area contributed by atoms with Crippen LogP contribution in [0.5, 0.6) is 11.5 Å². The number of ether oxygens (including phenoxy) is 2. The molecule has 4 aromatic rings. The summed E-state index contributed by atoms with van der Waals surface area (Å²) in [7, 11) is 0. The molecule has 5 nitrogen and oxygen atoms in total. The Morgan fingerprint density at radius 2 is 1.97 bits per heavy atom. The monoisotopic (exact) mass is 402 g/mol. The molecular formula is C23H18N2O3S. The number of amides is 1. The van der Waals surface area contributed by atoms with Crippen LogP contribution < -0.4 is 9.47 Å². The van der Waals surface area contributed by atoms with Gasteiger partial charge in [0.1, 0.15) is 0 Å². The third kappa shape index (κ3) is 2.56. The van der Waals surface area contributed by atoms with Gasteiger partial charge >= 0.3 is 0 Å². The van der Waals surface area contributed by atoms with Crippen LogP contribution in [0, 0.1) is 0 Å². The third-order valence-electron chi connectivity index (χ3n) is 5.74. The van der Waals surface area contributed by atoms with Crippen molar-refractivity contribution in [3.8, 4) is 11.5 Å². The summed E-state index contributed by atoms with van der Waals surface area (Å²) in [5, 5.41) is 3.18. The first kappa shape index (κ1) is 16.7. The van der Waals surface area contributed by atoms with E-state index in [2.05, 4.69) is 23.2 Å². The van der Waals surface area contributed by atoms with E-state index in [1.807, 2.05) is 46.7 Å². The van der Waals surface area contributed by atoms with E-state index in [9.17, 15) is 4.79 Å². The second kappa shape index (κ2) is 6.39. The maximum atomic E-state index is 13.4. The number of para-hydroxylation sites is 1. The Labute approximate surface area is 171 Å². The van der Waals surface area contributed by atoms with Crippen LogP contribution in [0.3, 0.4) is 0 Å². The van der Waals surface area contributed by atoms with Gasteiger partial charge in [0, 0.05) is 23.1 Å². The summed E-state index contributed by atoms with van der Waals surface area (Å²) in [6, 6.07) is 17.9. The van der Waals surface area contributed by atoms with Gasteiger partial charge in [0.2, 0.25) is 6.79 Å². The summed E-state index contributed by atoms with van der Waals surface area (Å²) < 4.78 is 11.1. The van der Waals surface area contributed by atoms with Crippen molar-refractivity contribution < 1.29 is 14.3 Å². The van der Waals surface area contributed by atoms with E-state index < -0.39 is 0 Å². The van der Waals surface area contributed by atoms with Crippen molar-refractivity contribution in [2.24, 2.45) is 0 Å². The molecule has 1 N–H and O–H groups in total. The fraction of sp³-hybridized carbons (Fsp3) is 0.174. The predicted molar refractivity (Wildman–Crippen MR) is 112 cm³/mol. The fourth-order valence-electron chi connectivity index (χ4n) is 4.43. The molecule has 144 valence electrons. The van der Waals surface area contributed by atoms with Crippen LogP contribution in [0.25, 0.3) is 10.9 Å². The summed E-state index contributed by atoms with van der Waals surface area (Å²) in [6.45, 7) is 0.906. The van der Waals surface area contributed by atoms with Gasteiger partial charge in [-0.15, -0.1) is 11.3 Å². The highest BCUT2D eigenvalue weighted by Gasteiger charge is 2.36. The summed E-state index contributed by atoms with van der Waals surface area (Å²) in [5.74, 6) is 1.54. The number of H-pyrrole nitrogens is 1. The highest BCUT2D eigenvalue weighted by molar-refractivity contribution is 7.12. The Kier molecular flexibility index (Phi) is 3.67. The fourth-order valence-corrected chi connectivity index (χ4v) is 5.11. The van der Waals surface area contributed by atoms with E-state index in [-0.39, 0.29) is 18.7 Å².